The molecule has 7 heteroatoms. The SMILES string of the molecule is CCNC(=NCc1ccc(N2CCOCC2)c(F)c1)N1CCC(C)CC1.I. The van der Waals surface area contributed by atoms with Crippen LogP contribution in [0.3, 0.4) is 0 Å². The Balaban J connectivity index is 0.00000261. The van der Waals surface area contributed by atoms with Crippen LogP contribution in [0, 0.1) is 11.7 Å². The fourth-order valence-electron chi connectivity index (χ4n) is 3.52. The summed E-state index contributed by atoms with van der Waals surface area (Å²) >= 11 is 0. The van der Waals surface area contributed by atoms with E-state index in [0.29, 0.717) is 25.4 Å². The van der Waals surface area contributed by atoms with Crippen LogP contribution < -0.4 is 10.2 Å². The molecule has 152 valence electrons. The normalized spacial score (nSPS) is 19.0. The molecule has 0 aliphatic carbocycles. The number of nitrogens with zero attached hydrogens (tertiary/aromatic N) is 3. The van der Waals surface area contributed by atoms with Gasteiger partial charge in [-0.2, -0.15) is 0 Å². The van der Waals surface area contributed by atoms with Crippen LogP contribution in [0.2, 0.25) is 0 Å². The Bertz CT molecular complexity index is 614. The molecule has 0 amide bonds. The summed E-state index contributed by atoms with van der Waals surface area (Å²) in [6, 6.07) is 5.48. The minimum absolute atomic E-state index is 0. The van der Waals surface area contributed by atoms with E-state index in [-0.39, 0.29) is 29.8 Å². The van der Waals surface area contributed by atoms with Crippen molar-refractivity contribution in [2.24, 2.45) is 10.9 Å². The lowest BCUT2D eigenvalue weighted by Gasteiger charge is -2.33. The highest BCUT2D eigenvalue weighted by molar-refractivity contribution is 14.0. The van der Waals surface area contributed by atoms with E-state index in [2.05, 4.69) is 24.1 Å². The van der Waals surface area contributed by atoms with Crippen molar-refractivity contribution in [3.05, 3.63) is 29.6 Å². The Morgan fingerprint density at radius 3 is 2.56 bits per heavy atom. The maximum atomic E-state index is 14.5. The monoisotopic (exact) mass is 490 g/mol. The lowest BCUT2D eigenvalue weighted by Crippen LogP contribution is -2.45. The molecule has 5 nitrogen and oxygen atoms in total. The van der Waals surface area contributed by atoms with Crippen molar-refractivity contribution in [1.29, 1.82) is 0 Å². The molecule has 27 heavy (non-hydrogen) atoms. The minimum atomic E-state index is -0.170. The second-order valence-electron chi connectivity index (χ2n) is 7.22. The van der Waals surface area contributed by atoms with E-state index in [1.165, 1.54) is 12.8 Å². The van der Waals surface area contributed by atoms with Crippen LogP contribution in [-0.4, -0.2) is 56.8 Å². The van der Waals surface area contributed by atoms with Crippen molar-refractivity contribution in [1.82, 2.24) is 10.2 Å². The van der Waals surface area contributed by atoms with Crippen LogP contribution in [0.4, 0.5) is 10.1 Å². The first-order valence-corrected chi connectivity index (χ1v) is 9.81. The van der Waals surface area contributed by atoms with Crippen molar-refractivity contribution in [3.63, 3.8) is 0 Å². The Hall–Kier alpha value is -1.09. The zero-order chi connectivity index (χ0) is 18.4. The summed E-state index contributed by atoms with van der Waals surface area (Å²) in [5.74, 6) is 1.56. The van der Waals surface area contributed by atoms with E-state index in [1.54, 1.807) is 6.07 Å². The molecule has 0 bridgehead atoms. The van der Waals surface area contributed by atoms with E-state index < -0.39 is 0 Å². The van der Waals surface area contributed by atoms with E-state index >= 15 is 0 Å². The molecule has 1 N–H and O–H groups in total. The number of ether oxygens (including phenoxy) is 1. The number of hydrogen-bond donors (Lipinski definition) is 1. The molecule has 1 aromatic rings. The third kappa shape index (κ3) is 6.20. The predicted octanol–water partition coefficient (Wildman–Crippen LogP) is 3.48. The van der Waals surface area contributed by atoms with Crippen molar-refractivity contribution in [2.75, 3.05) is 50.8 Å². The highest BCUT2D eigenvalue weighted by atomic mass is 127. The van der Waals surface area contributed by atoms with Crippen LogP contribution in [-0.2, 0) is 11.3 Å². The maximum absolute atomic E-state index is 14.5. The lowest BCUT2D eigenvalue weighted by molar-refractivity contribution is 0.122. The quantitative estimate of drug-likeness (QED) is 0.399. The van der Waals surface area contributed by atoms with Gasteiger partial charge in [0, 0.05) is 32.7 Å². The van der Waals surface area contributed by atoms with Crippen LogP contribution in [0.15, 0.2) is 23.2 Å². The van der Waals surface area contributed by atoms with Gasteiger partial charge in [-0.05, 0) is 43.4 Å². The molecule has 2 fully saturated rings. The molecule has 3 rings (SSSR count). The van der Waals surface area contributed by atoms with Gasteiger partial charge in [-0.3, -0.25) is 0 Å². The van der Waals surface area contributed by atoms with Gasteiger partial charge in [0.05, 0.1) is 25.4 Å². The standard InChI is InChI=1S/C20H31FN4O.HI/c1-3-22-20(25-8-6-16(2)7-9-25)23-15-17-4-5-19(18(21)14-17)24-10-12-26-13-11-24;/h4-5,14,16H,3,6-13,15H2,1-2H3,(H,22,23);1H. The Morgan fingerprint density at radius 1 is 1.22 bits per heavy atom. The topological polar surface area (TPSA) is 40.1 Å². The van der Waals surface area contributed by atoms with Crippen molar-refractivity contribution in [3.8, 4) is 0 Å². The van der Waals surface area contributed by atoms with Gasteiger partial charge in [0.15, 0.2) is 5.96 Å². The second kappa shape index (κ2) is 11.0. The molecule has 2 aliphatic heterocycles. The summed E-state index contributed by atoms with van der Waals surface area (Å²) < 4.78 is 19.9. The maximum Gasteiger partial charge on any atom is 0.194 e. The van der Waals surface area contributed by atoms with Crippen molar-refractivity contribution >= 4 is 35.6 Å². The lowest BCUT2D eigenvalue weighted by atomic mass is 10.00. The second-order valence-corrected chi connectivity index (χ2v) is 7.22. The van der Waals surface area contributed by atoms with Crippen molar-refractivity contribution in [2.45, 2.75) is 33.2 Å². The van der Waals surface area contributed by atoms with E-state index in [0.717, 1.165) is 50.2 Å². The molecular weight excluding hydrogens is 458 g/mol. The van der Waals surface area contributed by atoms with Crippen LogP contribution >= 0.6 is 24.0 Å². The molecule has 0 atom stereocenters. The number of morpholine rings is 1. The van der Waals surface area contributed by atoms with Gasteiger partial charge in [0.1, 0.15) is 5.82 Å². The Labute approximate surface area is 179 Å². The van der Waals surface area contributed by atoms with E-state index in [9.17, 15) is 4.39 Å². The predicted molar refractivity (Wildman–Crippen MR) is 120 cm³/mol. The molecule has 0 unspecified atom stereocenters. The molecule has 1 aromatic carbocycles. The highest BCUT2D eigenvalue weighted by Crippen LogP contribution is 2.22. The summed E-state index contributed by atoms with van der Waals surface area (Å²) in [6.07, 6.45) is 2.40. The van der Waals surface area contributed by atoms with E-state index in [1.807, 2.05) is 17.0 Å². The number of aliphatic imine (C=N–C) groups is 1. The molecule has 0 spiro atoms. The smallest absolute Gasteiger partial charge is 0.194 e. The average Bonchev–Trinajstić information content (AvgIpc) is 2.67. The minimum Gasteiger partial charge on any atom is -0.378 e. The zero-order valence-corrected chi connectivity index (χ0v) is 18.7. The number of guanidine groups is 1. The van der Waals surface area contributed by atoms with Gasteiger partial charge >= 0.3 is 0 Å². The molecule has 2 heterocycles. The van der Waals surface area contributed by atoms with Gasteiger partial charge < -0.3 is 19.9 Å². The third-order valence-electron chi connectivity index (χ3n) is 5.19. The molecule has 0 radical (unpaired) electrons. The van der Waals surface area contributed by atoms with Gasteiger partial charge in [-0.25, -0.2) is 9.38 Å². The number of benzene rings is 1. The largest absolute Gasteiger partial charge is 0.378 e. The molecule has 0 aromatic heterocycles. The summed E-state index contributed by atoms with van der Waals surface area (Å²) in [7, 11) is 0. The Morgan fingerprint density at radius 2 is 1.93 bits per heavy atom. The zero-order valence-electron chi connectivity index (χ0n) is 16.4. The van der Waals surface area contributed by atoms with Gasteiger partial charge in [0.2, 0.25) is 0 Å². The number of halogens is 2. The number of hydrogen-bond acceptors (Lipinski definition) is 3. The van der Waals surface area contributed by atoms with Crippen LogP contribution in [0.5, 0.6) is 0 Å². The third-order valence-corrected chi connectivity index (χ3v) is 5.19. The first kappa shape index (κ1) is 22.2. The molecular formula is C20H32FIN4O. The summed E-state index contributed by atoms with van der Waals surface area (Å²) in [6.45, 7) is 10.6. The summed E-state index contributed by atoms with van der Waals surface area (Å²) in [5.41, 5.74) is 1.57. The summed E-state index contributed by atoms with van der Waals surface area (Å²) in [5, 5.41) is 3.38. The number of piperidine rings is 1. The molecule has 0 saturated carbocycles. The van der Waals surface area contributed by atoms with Gasteiger partial charge in [-0.15, -0.1) is 24.0 Å². The number of anilines is 1. The van der Waals surface area contributed by atoms with Crippen LogP contribution in [0.25, 0.3) is 0 Å². The van der Waals surface area contributed by atoms with E-state index in [4.69, 9.17) is 9.73 Å². The summed E-state index contributed by atoms with van der Waals surface area (Å²) in [4.78, 5) is 9.11. The van der Waals surface area contributed by atoms with Gasteiger partial charge in [0.25, 0.3) is 0 Å². The number of nitrogens with one attached hydrogen (secondary N) is 1. The molecule has 2 aliphatic rings. The van der Waals surface area contributed by atoms with Crippen molar-refractivity contribution < 1.29 is 9.13 Å². The molecule has 2 saturated heterocycles. The first-order valence-electron chi connectivity index (χ1n) is 9.81. The first-order chi connectivity index (χ1) is 12.7. The fourth-order valence-corrected chi connectivity index (χ4v) is 3.52. The van der Waals surface area contributed by atoms with Crippen LogP contribution in [0.1, 0.15) is 32.3 Å². The Kier molecular flexibility index (Phi) is 9.08. The number of rotatable bonds is 4. The number of likely N-dealkylation sites (tertiary alicyclic amines) is 1. The highest BCUT2D eigenvalue weighted by Gasteiger charge is 2.19. The fraction of sp³-hybridized carbons (Fsp3) is 0.650. The van der Waals surface area contributed by atoms with Gasteiger partial charge in [-0.1, -0.05) is 13.0 Å². The average molecular weight is 490 g/mol.